The minimum absolute atomic E-state index is 0.159. The molecule has 0 spiro atoms. The van der Waals surface area contributed by atoms with E-state index in [4.69, 9.17) is 4.74 Å². The van der Waals surface area contributed by atoms with E-state index in [1.807, 2.05) is 6.92 Å². The van der Waals surface area contributed by atoms with Crippen LogP contribution in [0.1, 0.15) is 47.0 Å². The molecule has 0 aliphatic heterocycles. The van der Waals surface area contributed by atoms with Crippen molar-refractivity contribution in [3.05, 3.63) is 10.1 Å². The summed E-state index contributed by atoms with van der Waals surface area (Å²) in [5.74, 6) is -1.60. The lowest BCUT2D eigenvalue weighted by molar-refractivity contribution is -0.491. The average molecular weight is 273 g/mol. The van der Waals surface area contributed by atoms with Crippen molar-refractivity contribution in [2.75, 3.05) is 13.2 Å². The molecule has 110 valence electrons. The van der Waals surface area contributed by atoms with Crippen molar-refractivity contribution in [2.45, 2.75) is 47.0 Å². The van der Waals surface area contributed by atoms with Crippen LogP contribution in [-0.2, 0) is 14.3 Å². The van der Waals surface area contributed by atoms with E-state index < -0.39 is 28.8 Å². The summed E-state index contributed by atoms with van der Waals surface area (Å²) in [5, 5.41) is 10.8. The number of nitrogens with zero attached hydrogens (tertiary/aromatic N) is 1. The Hall–Kier alpha value is -1.46. The number of hydrogen-bond acceptors (Lipinski definition) is 5. The van der Waals surface area contributed by atoms with E-state index in [0.29, 0.717) is 12.8 Å². The van der Waals surface area contributed by atoms with Crippen molar-refractivity contribution in [1.82, 2.24) is 0 Å². The fourth-order valence-electron chi connectivity index (χ4n) is 2.55. The molecule has 0 rings (SSSR count). The van der Waals surface area contributed by atoms with E-state index in [2.05, 4.69) is 0 Å². The molecule has 0 heterocycles. The first-order chi connectivity index (χ1) is 8.86. The maximum Gasteiger partial charge on any atom is 0.320 e. The van der Waals surface area contributed by atoms with Gasteiger partial charge in [-0.1, -0.05) is 20.3 Å². The molecule has 0 aromatic heterocycles. The molecule has 0 saturated heterocycles. The van der Waals surface area contributed by atoms with Crippen LogP contribution in [0.4, 0.5) is 0 Å². The summed E-state index contributed by atoms with van der Waals surface area (Å²) in [4.78, 5) is 34.5. The summed E-state index contributed by atoms with van der Waals surface area (Å²) in [5.41, 5.74) is -1.38. The molecule has 2 unspecified atom stereocenters. The highest BCUT2D eigenvalue weighted by molar-refractivity contribution is 6.03. The van der Waals surface area contributed by atoms with Crippen LogP contribution < -0.4 is 0 Å². The van der Waals surface area contributed by atoms with Gasteiger partial charge < -0.3 is 4.74 Å². The van der Waals surface area contributed by atoms with Crippen LogP contribution in [0.2, 0.25) is 0 Å². The normalized spacial score (nSPS) is 15.4. The molecule has 0 amide bonds. The predicted molar refractivity (Wildman–Crippen MR) is 70.3 cm³/mol. The van der Waals surface area contributed by atoms with E-state index in [1.165, 1.54) is 6.92 Å². The van der Waals surface area contributed by atoms with Crippen LogP contribution in [0.25, 0.3) is 0 Å². The molecule has 6 heteroatoms. The third-order valence-corrected chi connectivity index (χ3v) is 3.47. The minimum Gasteiger partial charge on any atom is -0.465 e. The van der Waals surface area contributed by atoms with E-state index in [1.54, 1.807) is 13.8 Å². The molecule has 0 N–H and O–H groups in total. The Kier molecular flexibility index (Phi) is 7.26. The first kappa shape index (κ1) is 17.5. The number of carbonyl (C=O) groups is 2. The summed E-state index contributed by atoms with van der Waals surface area (Å²) in [6.45, 7) is 6.33. The molecule has 0 aliphatic rings. The third-order valence-electron chi connectivity index (χ3n) is 3.47. The zero-order valence-electron chi connectivity index (χ0n) is 12.1. The molecule has 0 aromatic rings. The summed E-state index contributed by atoms with van der Waals surface area (Å²) in [6, 6.07) is 0. The molecule has 0 bridgehead atoms. The van der Waals surface area contributed by atoms with Crippen molar-refractivity contribution >= 4 is 11.8 Å². The first-order valence-electron chi connectivity index (χ1n) is 6.66. The number of ketones is 1. The standard InChI is InChI=1S/C13H23NO5/c1-5-8-13(10(4)15,12(16)19-7-3)11(6-2)9-14(17)18/h11H,5-9H2,1-4H3. The lowest BCUT2D eigenvalue weighted by atomic mass is 9.68. The van der Waals surface area contributed by atoms with Gasteiger partial charge >= 0.3 is 5.97 Å². The first-order valence-corrected chi connectivity index (χ1v) is 6.66. The Labute approximate surface area is 113 Å². The Morgan fingerprint density at radius 3 is 2.21 bits per heavy atom. The summed E-state index contributed by atoms with van der Waals surface area (Å²) in [6.07, 6.45) is 1.26. The summed E-state index contributed by atoms with van der Waals surface area (Å²) in [7, 11) is 0. The van der Waals surface area contributed by atoms with Gasteiger partial charge in [0.1, 0.15) is 11.2 Å². The van der Waals surface area contributed by atoms with Crippen molar-refractivity contribution in [1.29, 1.82) is 0 Å². The van der Waals surface area contributed by atoms with Crippen molar-refractivity contribution in [2.24, 2.45) is 11.3 Å². The van der Waals surface area contributed by atoms with Crippen LogP contribution >= 0.6 is 0 Å². The van der Waals surface area contributed by atoms with Gasteiger partial charge in [-0.3, -0.25) is 19.7 Å². The number of hydrogen-bond donors (Lipinski definition) is 0. The zero-order chi connectivity index (χ0) is 15.1. The van der Waals surface area contributed by atoms with Gasteiger partial charge in [0.05, 0.1) is 6.61 Å². The highest BCUT2D eigenvalue weighted by Gasteiger charge is 2.51. The molecule has 6 nitrogen and oxygen atoms in total. The molecular formula is C13H23NO5. The van der Waals surface area contributed by atoms with Gasteiger partial charge in [0.25, 0.3) is 0 Å². The van der Waals surface area contributed by atoms with Gasteiger partial charge in [-0.25, -0.2) is 0 Å². The molecule has 0 aromatic carbocycles. The fourth-order valence-corrected chi connectivity index (χ4v) is 2.55. The van der Waals surface area contributed by atoms with Crippen LogP contribution in [0.3, 0.4) is 0 Å². The fraction of sp³-hybridized carbons (Fsp3) is 0.846. The number of Topliss-reactive ketones (excluding diaryl/α,β-unsaturated/α-hetero) is 1. The van der Waals surface area contributed by atoms with Crippen molar-refractivity contribution < 1.29 is 19.2 Å². The number of esters is 1. The van der Waals surface area contributed by atoms with Crippen LogP contribution in [0, 0.1) is 21.4 Å². The lowest BCUT2D eigenvalue weighted by Crippen LogP contribution is -2.48. The molecule has 0 fully saturated rings. The predicted octanol–water partition coefficient (Wildman–Crippen LogP) is 2.23. The maximum atomic E-state index is 12.2. The number of carbonyl (C=O) groups excluding carboxylic acids is 2. The summed E-state index contributed by atoms with van der Waals surface area (Å²) < 4.78 is 5.00. The van der Waals surface area contributed by atoms with Crippen LogP contribution in [0.5, 0.6) is 0 Å². The Morgan fingerprint density at radius 2 is 1.89 bits per heavy atom. The quantitative estimate of drug-likeness (QED) is 0.278. The van der Waals surface area contributed by atoms with Crippen molar-refractivity contribution in [3.8, 4) is 0 Å². The number of ether oxygens (including phenoxy) is 1. The second-order valence-corrected chi connectivity index (χ2v) is 4.62. The molecule has 0 radical (unpaired) electrons. The topological polar surface area (TPSA) is 86.5 Å². The van der Waals surface area contributed by atoms with Gasteiger partial charge in [-0.2, -0.15) is 0 Å². The van der Waals surface area contributed by atoms with Gasteiger partial charge in [-0.15, -0.1) is 0 Å². The lowest BCUT2D eigenvalue weighted by Gasteiger charge is -2.33. The molecule has 0 saturated carbocycles. The molecule has 19 heavy (non-hydrogen) atoms. The largest absolute Gasteiger partial charge is 0.465 e. The van der Waals surface area contributed by atoms with E-state index in [0.717, 1.165) is 0 Å². The molecular weight excluding hydrogens is 250 g/mol. The van der Waals surface area contributed by atoms with Gasteiger partial charge in [-0.05, 0) is 26.7 Å². The van der Waals surface area contributed by atoms with Gasteiger partial charge in [0.15, 0.2) is 0 Å². The highest BCUT2D eigenvalue weighted by atomic mass is 16.6. The minimum atomic E-state index is -1.38. The van der Waals surface area contributed by atoms with Crippen LogP contribution in [-0.4, -0.2) is 29.8 Å². The number of nitro groups is 1. The van der Waals surface area contributed by atoms with Gasteiger partial charge in [0, 0.05) is 10.8 Å². The van der Waals surface area contributed by atoms with E-state index in [9.17, 15) is 19.7 Å². The monoisotopic (exact) mass is 273 g/mol. The Bertz CT molecular complexity index is 342. The zero-order valence-corrected chi connectivity index (χ0v) is 12.1. The van der Waals surface area contributed by atoms with Crippen molar-refractivity contribution in [3.63, 3.8) is 0 Å². The second-order valence-electron chi connectivity index (χ2n) is 4.62. The Balaban J connectivity index is 5.59. The second kappa shape index (κ2) is 7.86. The molecule has 0 aliphatic carbocycles. The molecule has 2 atom stereocenters. The average Bonchev–Trinajstić information content (AvgIpc) is 2.32. The number of rotatable bonds is 9. The highest BCUT2D eigenvalue weighted by Crippen LogP contribution is 2.38. The van der Waals surface area contributed by atoms with Crippen LogP contribution in [0.15, 0.2) is 0 Å². The third kappa shape index (κ3) is 4.01. The summed E-state index contributed by atoms with van der Waals surface area (Å²) >= 11 is 0. The van der Waals surface area contributed by atoms with Gasteiger partial charge in [0.2, 0.25) is 6.54 Å². The Morgan fingerprint density at radius 1 is 1.32 bits per heavy atom. The SMILES string of the molecule is CCCC(C(C)=O)(C(=O)OCC)C(CC)C[N+](=O)[O-]. The van der Waals surface area contributed by atoms with E-state index >= 15 is 0 Å². The smallest absolute Gasteiger partial charge is 0.320 e. The maximum absolute atomic E-state index is 12.2. The van der Waals surface area contributed by atoms with E-state index in [-0.39, 0.29) is 18.8 Å².